The minimum Gasteiger partial charge on any atom is -0.320 e. The van der Waals surface area contributed by atoms with Crippen molar-refractivity contribution in [3.63, 3.8) is 0 Å². The molecule has 0 aliphatic rings. The Morgan fingerprint density at radius 2 is 1.95 bits per heavy atom. The van der Waals surface area contributed by atoms with E-state index in [1.165, 1.54) is 24.3 Å². The standard InChI is InChI=1S/C12H11F2N5OS/c13-12(14)21-9-4-2-1-3-7(9)16-11(20)8-5-6-10(17-15)19-18-8/h1-6,12H,15H2,(H,16,20)(H,17,19). The monoisotopic (exact) mass is 311 g/mol. The summed E-state index contributed by atoms with van der Waals surface area (Å²) >= 11 is 0.358. The van der Waals surface area contributed by atoms with E-state index in [-0.39, 0.29) is 16.3 Å². The molecule has 0 spiro atoms. The Morgan fingerprint density at radius 1 is 1.19 bits per heavy atom. The normalized spacial score (nSPS) is 10.5. The molecule has 0 saturated heterocycles. The highest BCUT2D eigenvalue weighted by atomic mass is 32.2. The molecular weight excluding hydrogens is 300 g/mol. The van der Waals surface area contributed by atoms with Crippen molar-refractivity contribution < 1.29 is 13.6 Å². The van der Waals surface area contributed by atoms with E-state index < -0.39 is 11.7 Å². The average molecular weight is 311 g/mol. The summed E-state index contributed by atoms with van der Waals surface area (Å²) in [5, 5.41) is 9.86. The van der Waals surface area contributed by atoms with Crippen molar-refractivity contribution in [2.24, 2.45) is 5.84 Å². The van der Waals surface area contributed by atoms with Gasteiger partial charge in [0.15, 0.2) is 11.5 Å². The number of hydrogen-bond acceptors (Lipinski definition) is 6. The molecule has 0 bridgehead atoms. The SMILES string of the molecule is NNc1ccc(C(=O)Nc2ccccc2SC(F)F)nn1. The highest BCUT2D eigenvalue weighted by Gasteiger charge is 2.13. The second-order valence-electron chi connectivity index (χ2n) is 3.78. The molecule has 0 fully saturated rings. The summed E-state index contributed by atoms with van der Waals surface area (Å²) in [5.41, 5.74) is 2.62. The molecule has 1 aromatic carbocycles. The van der Waals surface area contributed by atoms with Gasteiger partial charge in [0, 0.05) is 4.90 Å². The van der Waals surface area contributed by atoms with E-state index >= 15 is 0 Å². The Labute approximate surface area is 123 Å². The predicted octanol–water partition coefficient (Wildman–Crippen LogP) is 2.33. The third kappa shape index (κ3) is 4.10. The number of nitrogens with zero attached hydrogens (tertiary/aromatic N) is 2. The minimum absolute atomic E-state index is 0.0471. The maximum Gasteiger partial charge on any atom is 0.288 e. The number of nitrogen functional groups attached to an aromatic ring is 1. The number of amides is 1. The van der Waals surface area contributed by atoms with Crippen molar-refractivity contribution in [3.8, 4) is 0 Å². The highest BCUT2D eigenvalue weighted by Crippen LogP contribution is 2.31. The number of aromatic nitrogens is 2. The third-order valence-corrected chi connectivity index (χ3v) is 3.18. The van der Waals surface area contributed by atoms with Gasteiger partial charge in [-0.3, -0.25) is 4.79 Å². The van der Waals surface area contributed by atoms with Crippen LogP contribution in [0.2, 0.25) is 0 Å². The molecule has 0 aliphatic heterocycles. The third-order valence-electron chi connectivity index (χ3n) is 2.40. The second-order valence-corrected chi connectivity index (χ2v) is 4.81. The fourth-order valence-electron chi connectivity index (χ4n) is 1.49. The first-order valence-electron chi connectivity index (χ1n) is 5.75. The zero-order chi connectivity index (χ0) is 15.2. The fourth-order valence-corrected chi connectivity index (χ4v) is 2.08. The highest BCUT2D eigenvalue weighted by molar-refractivity contribution is 7.99. The molecule has 0 aliphatic carbocycles. The molecule has 0 radical (unpaired) electrons. The van der Waals surface area contributed by atoms with Gasteiger partial charge in [-0.15, -0.1) is 10.2 Å². The van der Waals surface area contributed by atoms with E-state index in [4.69, 9.17) is 5.84 Å². The van der Waals surface area contributed by atoms with E-state index in [1.807, 2.05) is 0 Å². The first kappa shape index (κ1) is 15.1. The van der Waals surface area contributed by atoms with Gasteiger partial charge in [-0.2, -0.15) is 8.78 Å². The summed E-state index contributed by atoms with van der Waals surface area (Å²) in [6.07, 6.45) is 0. The lowest BCUT2D eigenvalue weighted by molar-refractivity contribution is 0.102. The average Bonchev–Trinajstić information content (AvgIpc) is 2.49. The van der Waals surface area contributed by atoms with Crippen LogP contribution in [0.15, 0.2) is 41.3 Å². The van der Waals surface area contributed by atoms with Gasteiger partial charge in [0.25, 0.3) is 11.7 Å². The van der Waals surface area contributed by atoms with Gasteiger partial charge in [0.05, 0.1) is 5.69 Å². The molecule has 1 amide bonds. The quantitative estimate of drug-likeness (QED) is 0.446. The van der Waals surface area contributed by atoms with Gasteiger partial charge in [-0.05, 0) is 24.3 Å². The number of nitrogens with two attached hydrogens (primary N) is 1. The van der Waals surface area contributed by atoms with Crippen molar-refractivity contribution in [1.82, 2.24) is 10.2 Å². The molecule has 0 atom stereocenters. The molecule has 6 nitrogen and oxygen atoms in total. The van der Waals surface area contributed by atoms with Crippen molar-refractivity contribution >= 4 is 29.2 Å². The summed E-state index contributed by atoms with van der Waals surface area (Å²) in [4.78, 5) is 12.3. The first-order valence-corrected chi connectivity index (χ1v) is 6.63. The number of nitrogens with one attached hydrogen (secondary N) is 2. The molecule has 0 saturated carbocycles. The van der Waals surface area contributed by atoms with Gasteiger partial charge in [0.2, 0.25) is 0 Å². The zero-order valence-electron chi connectivity index (χ0n) is 10.6. The predicted molar refractivity (Wildman–Crippen MR) is 76.1 cm³/mol. The number of carbonyl (C=O) groups is 1. The summed E-state index contributed by atoms with van der Waals surface area (Å²) in [7, 11) is 0. The van der Waals surface area contributed by atoms with E-state index in [1.54, 1.807) is 12.1 Å². The van der Waals surface area contributed by atoms with Crippen LogP contribution in [0.3, 0.4) is 0 Å². The van der Waals surface area contributed by atoms with Crippen LogP contribution in [0.4, 0.5) is 20.3 Å². The van der Waals surface area contributed by atoms with E-state index in [9.17, 15) is 13.6 Å². The van der Waals surface area contributed by atoms with Gasteiger partial charge < -0.3 is 10.7 Å². The molecule has 21 heavy (non-hydrogen) atoms. The lowest BCUT2D eigenvalue weighted by Gasteiger charge is -2.09. The number of hydrogen-bond donors (Lipinski definition) is 3. The molecule has 110 valence electrons. The number of hydrazine groups is 1. The number of carbonyl (C=O) groups excluding carboxylic acids is 1. The summed E-state index contributed by atoms with van der Waals surface area (Å²) in [6, 6.07) is 9.17. The summed E-state index contributed by atoms with van der Waals surface area (Å²) < 4.78 is 24.9. The first-order chi connectivity index (χ1) is 10.1. The molecule has 0 unspecified atom stereocenters. The van der Waals surface area contributed by atoms with Crippen molar-refractivity contribution in [2.75, 3.05) is 10.7 Å². The number of para-hydroxylation sites is 1. The smallest absolute Gasteiger partial charge is 0.288 e. The van der Waals surface area contributed by atoms with Crippen LogP contribution in [0.25, 0.3) is 0 Å². The van der Waals surface area contributed by atoms with Crippen LogP contribution >= 0.6 is 11.8 Å². The number of alkyl halides is 2. The van der Waals surface area contributed by atoms with Crippen molar-refractivity contribution in [1.29, 1.82) is 0 Å². The van der Waals surface area contributed by atoms with Crippen LogP contribution < -0.4 is 16.6 Å². The lowest BCUT2D eigenvalue weighted by atomic mass is 10.3. The van der Waals surface area contributed by atoms with Crippen LogP contribution in [-0.4, -0.2) is 21.9 Å². The molecule has 1 heterocycles. The van der Waals surface area contributed by atoms with Gasteiger partial charge in [0.1, 0.15) is 0 Å². The molecule has 2 rings (SSSR count). The maximum atomic E-state index is 12.5. The van der Waals surface area contributed by atoms with E-state index in [0.29, 0.717) is 17.6 Å². The van der Waals surface area contributed by atoms with Crippen molar-refractivity contribution in [2.45, 2.75) is 10.7 Å². The molecule has 9 heteroatoms. The van der Waals surface area contributed by atoms with Crippen LogP contribution in [0.5, 0.6) is 0 Å². The van der Waals surface area contributed by atoms with Gasteiger partial charge >= 0.3 is 0 Å². The number of rotatable bonds is 5. The second kappa shape index (κ2) is 6.95. The number of thioether (sulfide) groups is 1. The Balaban J connectivity index is 2.15. The van der Waals surface area contributed by atoms with Crippen LogP contribution in [-0.2, 0) is 0 Å². The number of halogens is 2. The maximum absolute atomic E-state index is 12.5. The zero-order valence-corrected chi connectivity index (χ0v) is 11.4. The number of anilines is 2. The molecule has 1 aromatic heterocycles. The minimum atomic E-state index is -2.57. The Bertz CT molecular complexity index is 623. The summed E-state index contributed by atoms with van der Waals surface area (Å²) in [5.74, 6) is 2.33. The fraction of sp³-hybridized carbons (Fsp3) is 0.0833. The van der Waals surface area contributed by atoms with Crippen molar-refractivity contribution in [3.05, 3.63) is 42.1 Å². The number of benzene rings is 1. The molecule has 4 N–H and O–H groups in total. The van der Waals surface area contributed by atoms with Crippen LogP contribution in [0, 0.1) is 0 Å². The topological polar surface area (TPSA) is 92.9 Å². The van der Waals surface area contributed by atoms with E-state index in [2.05, 4.69) is 20.9 Å². The lowest BCUT2D eigenvalue weighted by Crippen LogP contribution is -2.16. The Kier molecular flexibility index (Phi) is 5.01. The molecular formula is C12H11F2N5OS. The van der Waals surface area contributed by atoms with Gasteiger partial charge in [-0.25, -0.2) is 5.84 Å². The van der Waals surface area contributed by atoms with Gasteiger partial charge in [-0.1, -0.05) is 23.9 Å². The van der Waals surface area contributed by atoms with E-state index in [0.717, 1.165) is 0 Å². The largest absolute Gasteiger partial charge is 0.320 e. The molecule has 2 aromatic rings. The van der Waals surface area contributed by atoms with Crippen LogP contribution in [0.1, 0.15) is 10.5 Å². The summed E-state index contributed by atoms with van der Waals surface area (Å²) in [6.45, 7) is 0. The Hall–Kier alpha value is -2.26. The Morgan fingerprint density at radius 3 is 2.57 bits per heavy atom.